The Kier molecular flexibility index (Phi) is 2.37. The van der Waals surface area contributed by atoms with Gasteiger partial charge < -0.3 is 5.73 Å². The number of nitrogens with zero attached hydrogens (tertiary/aromatic N) is 2. The predicted molar refractivity (Wildman–Crippen MR) is 61.4 cm³/mol. The van der Waals surface area contributed by atoms with Crippen LogP contribution in [0.15, 0.2) is 30.7 Å². The number of pyridine rings is 2. The number of aryl methyl sites for hydroxylation is 2. The molecule has 0 aliphatic heterocycles. The molecule has 0 aliphatic carbocycles. The van der Waals surface area contributed by atoms with Gasteiger partial charge in [0.1, 0.15) is 5.82 Å². The molecule has 2 heterocycles. The predicted octanol–water partition coefficient (Wildman–Crippen LogP) is 2.34. The summed E-state index contributed by atoms with van der Waals surface area (Å²) in [4.78, 5) is 8.26. The van der Waals surface area contributed by atoms with E-state index in [0.29, 0.717) is 5.82 Å². The minimum absolute atomic E-state index is 0.558. The molecule has 0 fully saturated rings. The molecule has 2 N–H and O–H groups in total. The van der Waals surface area contributed by atoms with Crippen LogP contribution < -0.4 is 5.73 Å². The van der Waals surface area contributed by atoms with Crippen LogP contribution in [-0.2, 0) is 0 Å². The SMILES string of the molecule is Cc1cncc(-c2c(C)ccnc2N)c1. The maximum Gasteiger partial charge on any atom is 0.131 e. The minimum atomic E-state index is 0.558. The Morgan fingerprint density at radius 1 is 1.20 bits per heavy atom. The molecule has 0 atom stereocenters. The van der Waals surface area contributed by atoms with E-state index in [1.165, 1.54) is 0 Å². The fourth-order valence-electron chi connectivity index (χ4n) is 1.65. The molecule has 3 nitrogen and oxygen atoms in total. The topological polar surface area (TPSA) is 51.8 Å². The molecular formula is C12H13N3. The normalized spacial score (nSPS) is 10.3. The van der Waals surface area contributed by atoms with E-state index in [-0.39, 0.29) is 0 Å². The molecule has 0 radical (unpaired) electrons. The minimum Gasteiger partial charge on any atom is -0.383 e. The van der Waals surface area contributed by atoms with Crippen molar-refractivity contribution in [2.24, 2.45) is 0 Å². The van der Waals surface area contributed by atoms with E-state index in [0.717, 1.165) is 22.3 Å². The second-order valence-electron chi connectivity index (χ2n) is 3.64. The Balaban J connectivity index is 2.63. The van der Waals surface area contributed by atoms with E-state index in [1.807, 2.05) is 32.3 Å². The van der Waals surface area contributed by atoms with E-state index in [2.05, 4.69) is 16.0 Å². The molecule has 0 saturated carbocycles. The molecular weight excluding hydrogens is 186 g/mol. The molecule has 0 spiro atoms. The van der Waals surface area contributed by atoms with Crippen molar-refractivity contribution in [2.45, 2.75) is 13.8 Å². The second-order valence-corrected chi connectivity index (χ2v) is 3.64. The summed E-state index contributed by atoms with van der Waals surface area (Å²) >= 11 is 0. The molecule has 0 aromatic carbocycles. The van der Waals surface area contributed by atoms with Gasteiger partial charge in [-0.1, -0.05) is 0 Å². The van der Waals surface area contributed by atoms with Crippen molar-refractivity contribution in [1.82, 2.24) is 9.97 Å². The van der Waals surface area contributed by atoms with Gasteiger partial charge in [-0.05, 0) is 37.1 Å². The van der Waals surface area contributed by atoms with Gasteiger partial charge in [-0.3, -0.25) is 4.98 Å². The largest absolute Gasteiger partial charge is 0.383 e. The summed E-state index contributed by atoms with van der Waals surface area (Å²) in [6.45, 7) is 4.04. The molecule has 0 bridgehead atoms. The molecule has 0 unspecified atom stereocenters. The number of nitrogen functional groups attached to an aromatic ring is 1. The fourth-order valence-corrected chi connectivity index (χ4v) is 1.65. The smallest absolute Gasteiger partial charge is 0.131 e. The zero-order valence-electron chi connectivity index (χ0n) is 8.86. The van der Waals surface area contributed by atoms with E-state index in [9.17, 15) is 0 Å². The van der Waals surface area contributed by atoms with Crippen LogP contribution in [0.25, 0.3) is 11.1 Å². The highest BCUT2D eigenvalue weighted by Crippen LogP contribution is 2.27. The first kappa shape index (κ1) is 9.65. The highest BCUT2D eigenvalue weighted by molar-refractivity contribution is 5.76. The van der Waals surface area contributed by atoms with Gasteiger partial charge in [0.05, 0.1) is 0 Å². The summed E-state index contributed by atoms with van der Waals surface area (Å²) in [5, 5.41) is 0. The molecule has 0 amide bonds. The van der Waals surface area contributed by atoms with Crippen LogP contribution >= 0.6 is 0 Å². The summed E-state index contributed by atoms with van der Waals surface area (Å²) in [5.41, 5.74) is 10.1. The van der Waals surface area contributed by atoms with Crippen molar-refractivity contribution >= 4 is 5.82 Å². The highest BCUT2D eigenvalue weighted by atomic mass is 14.8. The average Bonchev–Trinajstić information content (AvgIpc) is 2.17. The molecule has 3 heteroatoms. The third-order valence-electron chi connectivity index (χ3n) is 2.35. The quantitative estimate of drug-likeness (QED) is 0.767. The monoisotopic (exact) mass is 199 g/mol. The van der Waals surface area contributed by atoms with Crippen molar-refractivity contribution in [3.8, 4) is 11.1 Å². The lowest BCUT2D eigenvalue weighted by Crippen LogP contribution is -1.96. The third kappa shape index (κ3) is 1.81. The van der Waals surface area contributed by atoms with E-state index in [4.69, 9.17) is 5.73 Å². The van der Waals surface area contributed by atoms with Crippen LogP contribution in [0.2, 0.25) is 0 Å². The number of hydrogen-bond acceptors (Lipinski definition) is 3. The first-order chi connectivity index (χ1) is 7.18. The van der Waals surface area contributed by atoms with Crippen molar-refractivity contribution in [3.63, 3.8) is 0 Å². The number of anilines is 1. The Labute approximate surface area is 89.0 Å². The third-order valence-corrected chi connectivity index (χ3v) is 2.35. The van der Waals surface area contributed by atoms with E-state index in [1.54, 1.807) is 6.20 Å². The van der Waals surface area contributed by atoms with Crippen molar-refractivity contribution in [1.29, 1.82) is 0 Å². The summed E-state index contributed by atoms with van der Waals surface area (Å²) < 4.78 is 0. The van der Waals surface area contributed by atoms with Crippen LogP contribution in [0.1, 0.15) is 11.1 Å². The summed E-state index contributed by atoms with van der Waals surface area (Å²) in [5.74, 6) is 0.558. The number of rotatable bonds is 1. The summed E-state index contributed by atoms with van der Waals surface area (Å²) in [6.07, 6.45) is 5.36. The lowest BCUT2D eigenvalue weighted by Gasteiger charge is -2.08. The zero-order valence-corrected chi connectivity index (χ0v) is 8.86. The van der Waals surface area contributed by atoms with Crippen molar-refractivity contribution in [3.05, 3.63) is 41.9 Å². The highest BCUT2D eigenvalue weighted by Gasteiger charge is 2.06. The number of hydrogen-bond donors (Lipinski definition) is 1. The lowest BCUT2D eigenvalue weighted by atomic mass is 10.0. The van der Waals surface area contributed by atoms with Gasteiger partial charge in [-0.15, -0.1) is 0 Å². The maximum atomic E-state index is 5.86. The van der Waals surface area contributed by atoms with Crippen LogP contribution in [0, 0.1) is 13.8 Å². The standard InChI is InChI=1S/C12H13N3/c1-8-5-10(7-14-6-8)11-9(2)3-4-15-12(11)13/h3-7H,1-2H3,(H2,13,15). The Morgan fingerprint density at radius 3 is 2.67 bits per heavy atom. The van der Waals surface area contributed by atoms with Crippen LogP contribution in [0.4, 0.5) is 5.82 Å². The Bertz CT molecular complexity index is 472. The van der Waals surface area contributed by atoms with E-state index >= 15 is 0 Å². The molecule has 0 saturated heterocycles. The van der Waals surface area contributed by atoms with Crippen molar-refractivity contribution in [2.75, 3.05) is 5.73 Å². The second kappa shape index (κ2) is 3.69. The van der Waals surface area contributed by atoms with Gasteiger partial charge in [0.2, 0.25) is 0 Å². The first-order valence-corrected chi connectivity index (χ1v) is 4.81. The Morgan fingerprint density at radius 2 is 2.00 bits per heavy atom. The molecule has 76 valence electrons. The fraction of sp³-hybridized carbons (Fsp3) is 0.167. The molecule has 15 heavy (non-hydrogen) atoms. The molecule has 2 rings (SSSR count). The number of aromatic nitrogens is 2. The summed E-state index contributed by atoms with van der Waals surface area (Å²) in [6, 6.07) is 4.02. The average molecular weight is 199 g/mol. The Hall–Kier alpha value is -1.90. The van der Waals surface area contributed by atoms with Gasteiger partial charge in [0, 0.05) is 29.7 Å². The molecule has 2 aromatic heterocycles. The maximum absolute atomic E-state index is 5.86. The first-order valence-electron chi connectivity index (χ1n) is 4.81. The van der Waals surface area contributed by atoms with Gasteiger partial charge in [-0.2, -0.15) is 0 Å². The van der Waals surface area contributed by atoms with Gasteiger partial charge in [0.25, 0.3) is 0 Å². The van der Waals surface area contributed by atoms with Gasteiger partial charge in [-0.25, -0.2) is 4.98 Å². The van der Waals surface area contributed by atoms with Crippen LogP contribution in [-0.4, -0.2) is 9.97 Å². The van der Waals surface area contributed by atoms with Crippen molar-refractivity contribution < 1.29 is 0 Å². The van der Waals surface area contributed by atoms with Gasteiger partial charge in [0.15, 0.2) is 0 Å². The van der Waals surface area contributed by atoms with E-state index < -0.39 is 0 Å². The number of nitrogens with two attached hydrogens (primary N) is 1. The lowest BCUT2D eigenvalue weighted by molar-refractivity contribution is 1.25. The zero-order chi connectivity index (χ0) is 10.8. The van der Waals surface area contributed by atoms with Crippen LogP contribution in [0.5, 0.6) is 0 Å². The van der Waals surface area contributed by atoms with Gasteiger partial charge >= 0.3 is 0 Å². The summed E-state index contributed by atoms with van der Waals surface area (Å²) in [7, 11) is 0. The van der Waals surface area contributed by atoms with Crippen LogP contribution in [0.3, 0.4) is 0 Å². The molecule has 2 aromatic rings. The molecule has 0 aliphatic rings.